The van der Waals surface area contributed by atoms with E-state index in [1.165, 1.54) is 193 Å². The van der Waals surface area contributed by atoms with Crippen molar-refractivity contribution in [3.8, 4) is 0 Å². The highest BCUT2D eigenvalue weighted by atomic mass is 16.8. The standard InChI is InChI=1S/C45H88O7/c1-3-5-7-9-11-13-15-17-19-21-23-25-27-29-31-33-35-37-39-49-44(47)51-42-43(41-46)52-45(48)50-40-38-36-34-32-30-28-26-24-22-20-18-16-14-12-10-8-6-4-2/h43,46H,3-42H2,1-2H3/t43-/m0/s1. The topological polar surface area (TPSA) is 91.3 Å². The zero-order valence-corrected chi connectivity index (χ0v) is 34.8. The summed E-state index contributed by atoms with van der Waals surface area (Å²) in [5.41, 5.74) is 0. The van der Waals surface area contributed by atoms with Crippen LogP contribution >= 0.6 is 0 Å². The molecule has 0 aromatic carbocycles. The van der Waals surface area contributed by atoms with Crippen LogP contribution in [0.3, 0.4) is 0 Å². The Balaban J connectivity index is 3.44. The van der Waals surface area contributed by atoms with Gasteiger partial charge in [-0.3, -0.25) is 0 Å². The predicted molar refractivity (Wildman–Crippen MR) is 218 cm³/mol. The minimum absolute atomic E-state index is 0.261. The molecule has 0 saturated heterocycles. The third kappa shape index (κ3) is 41.3. The highest BCUT2D eigenvalue weighted by Gasteiger charge is 2.17. The summed E-state index contributed by atoms with van der Waals surface area (Å²) in [5.74, 6) is 0. The van der Waals surface area contributed by atoms with Crippen LogP contribution in [0, 0.1) is 0 Å². The van der Waals surface area contributed by atoms with E-state index in [2.05, 4.69) is 13.8 Å². The number of ether oxygens (including phenoxy) is 4. The first-order valence-corrected chi connectivity index (χ1v) is 22.9. The molecular formula is C45H88O7. The zero-order chi connectivity index (χ0) is 37.8. The Morgan fingerprint density at radius 3 is 0.885 bits per heavy atom. The van der Waals surface area contributed by atoms with Crippen molar-refractivity contribution < 1.29 is 33.6 Å². The van der Waals surface area contributed by atoms with Crippen molar-refractivity contribution in [3.05, 3.63) is 0 Å². The molecule has 310 valence electrons. The van der Waals surface area contributed by atoms with Gasteiger partial charge in [-0.05, 0) is 12.8 Å². The van der Waals surface area contributed by atoms with E-state index < -0.39 is 25.0 Å². The molecule has 0 aliphatic heterocycles. The van der Waals surface area contributed by atoms with E-state index in [1.807, 2.05) is 0 Å². The maximum atomic E-state index is 12.0. The van der Waals surface area contributed by atoms with Gasteiger partial charge in [0.1, 0.15) is 6.61 Å². The van der Waals surface area contributed by atoms with Gasteiger partial charge in [0, 0.05) is 0 Å². The fourth-order valence-electron chi connectivity index (χ4n) is 6.82. The lowest BCUT2D eigenvalue weighted by Gasteiger charge is -2.15. The Hall–Kier alpha value is -1.50. The smallest absolute Gasteiger partial charge is 0.434 e. The number of hydrogen-bond donors (Lipinski definition) is 1. The van der Waals surface area contributed by atoms with Crippen LogP contribution in [0.1, 0.15) is 245 Å². The fraction of sp³-hybridized carbons (Fsp3) is 0.956. The van der Waals surface area contributed by atoms with Gasteiger partial charge >= 0.3 is 12.3 Å². The largest absolute Gasteiger partial charge is 0.508 e. The molecule has 1 atom stereocenters. The molecule has 0 fully saturated rings. The Bertz CT molecular complexity index is 716. The van der Waals surface area contributed by atoms with Crippen molar-refractivity contribution in [2.24, 2.45) is 0 Å². The molecule has 0 spiro atoms. The molecule has 0 bridgehead atoms. The van der Waals surface area contributed by atoms with E-state index in [4.69, 9.17) is 18.9 Å². The molecule has 7 heteroatoms. The van der Waals surface area contributed by atoms with Crippen LogP contribution < -0.4 is 0 Å². The Morgan fingerprint density at radius 2 is 0.615 bits per heavy atom. The quantitative estimate of drug-likeness (QED) is 0.0492. The maximum absolute atomic E-state index is 12.0. The number of carbonyl (C=O) groups is 2. The van der Waals surface area contributed by atoms with Crippen LogP contribution in [0.2, 0.25) is 0 Å². The normalized spacial score (nSPS) is 11.8. The molecule has 0 radical (unpaired) electrons. The summed E-state index contributed by atoms with van der Waals surface area (Å²) in [7, 11) is 0. The van der Waals surface area contributed by atoms with Gasteiger partial charge in [0.15, 0.2) is 6.10 Å². The summed E-state index contributed by atoms with van der Waals surface area (Å²) in [6.45, 7) is 4.43. The first kappa shape index (κ1) is 50.5. The molecule has 52 heavy (non-hydrogen) atoms. The van der Waals surface area contributed by atoms with Gasteiger partial charge in [-0.2, -0.15) is 0 Å². The minimum atomic E-state index is -0.967. The van der Waals surface area contributed by atoms with Crippen molar-refractivity contribution >= 4 is 12.3 Å². The SMILES string of the molecule is CCCCCCCCCCCCCCCCCCCCOC(=O)OC[C@H](CO)OC(=O)OCCCCCCCCCCCCCCCCCCCC. The number of carbonyl (C=O) groups excluding carboxylic acids is 2. The van der Waals surface area contributed by atoms with Gasteiger partial charge in [-0.1, -0.05) is 232 Å². The molecular weight excluding hydrogens is 652 g/mol. The van der Waals surface area contributed by atoms with Gasteiger partial charge in [-0.15, -0.1) is 0 Å². The van der Waals surface area contributed by atoms with Crippen LogP contribution in [0.25, 0.3) is 0 Å². The molecule has 0 aromatic rings. The van der Waals surface area contributed by atoms with Crippen LogP contribution in [-0.2, 0) is 18.9 Å². The van der Waals surface area contributed by atoms with Crippen molar-refractivity contribution in [3.63, 3.8) is 0 Å². The number of unbranched alkanes of at least 4 members (excludes halogenated alkanes) is 34. The number of aliphatic hydroxyl groups excluding tert-OH is 1. The highest BCUT2D eigenvalue weighted by molar-refractivity contribution is 5.61. The third-order valence-electron chi connectivity index (χ3n) is 10.3. The fourth-order valence-corrected chi connectivity index (χ4v) is 6.82. The molecule has 0 amide bonds. The van der Waals surface area contributed by atoms with E-state index in [0.717, 1.165) is 38.5 Å². The van der Waals surface area contributed by atoms with E-state index in [9.17, 15) is 14.7 Å². The molecule has 0 aromatic heterocycles. The second-order valence-electron chi connectivity index (χ2n) is 15.5. The van der Waals surface area contributed by atoms with Crippen LogP contribution in [-0.4, -0.2) is 49.9 Å². The number of aliphatic hydroxyl groups is 1. The Kier molecular flexibility index (Phi) is 42.6. The first-order valence-electron chi connectivity index (χ1n) is 22.9. The lowest BCUT2D eigenvalue weighted by Crippen LogP contribution is -2.29. The Labute approximate surface area is 322 Å². The average molecular weight is 741 g/mol. The van der Waals surface area contributed by atoms with E-state index >= 15 is 0 Å². The van der Waals surface area contributed by atoms with E-state index in [-0.39, 0.29) is 13.2 Å². The lowest BCUT2D eigenvalue weighted by atomic mass is 10.0. The summed E-state index contributed by atoms with van der Waals surface area (Å²) >= 11 is 0. The second-order valence-corrected chi connectivity index (χ2v) is 15.5. The van der Waals surface area contributed by atoms with E-state index in [0.29, 0.717) is 6.61 Å². The summed E-state index contributed by atoms with van der Waals surface area (Å²) in [5, 5.41) is 9.50. The van der Waals surface area contributed by atoms with Crippen LogP contribution in [0.5, 0.6) is 0 Å². The molecule has 0 saturated carbocycles. The van der Waals surface area contributed by atoms with Crippen molar-refractivity contribution in [2.75, 3.05) is 26.4 Å². The average Bonchev–Trinajstić information content (AvgIpc) is 3.15. The highest BCUT2D eigenvalue weighted by Crippen LogP contribution is 2.16. The Morgan fingerprint density at radius 1 is 0.365 bits per heavy atom. The van der Waals surface area contributed by atoms with Gasteiger partial charge in [0.25, 0.3) is 0 Å². The summed E-state index contributed by atoms with van der Waals surface area (Å²) < 4.78 is 20.4. The van der Waals surface area contributed by atoms with Crippen molar-refractivity contribution in [2.45, 2.75) is 251 Å². The van der Waals surface area contributed by atoms with Gasteiger partial charge in [0.2, 0.25) is 0 Å². The summed E-state index contributed by atoms with van der Waals surface area (Å²) in [6, 6.07) is 0. The molecule has 0 heterocycles. The van der Waals surface area contributed by atoms with Gasteiger partial charge in [-0.25, -0.2) is 9.59 Å². The minimum Gasteiger partial charge on any atom is -0.434 e. The van der Waals surface area contributed by atoms with Crippen molar-refractivity contribution in [1.82, 2.24) is 0 Å². The monoisotopic (exact) mass is 741 g/mol. The maximum Gasteiger partial charge on any atom is 0.508 e. The zero-order valence-electron chi connectivity index (χ0n) is 34.8. The third-order valence-corrected chi connectivity index (χ3v) is 10.3. The number of rotatable bonds is 42. The van der Waals surface area contributed by atoms with Crippen LogP contribution in [0.15, 0.2) is 0 Å². The second kappa shape index (κ2) is 43.9. The molecule has 1 N–H and O–H groups in total. The first-order chi connectivity index (χ1) is 25.6. The molecule has 0 rings (SSSR count). The lowest BCUT2D eigenvalue weighted by molar-refractivity contribution is -0.0345. The molecule has 0 aliphatic rings. The molecule has 0 unspecified atom stereocenters. The van der Waals surface area contributed by atoms with Crippen molar-refractivity contribution in [1.29, 1.82) is 0 Å². The van der Waals surface area contributed by atoms with Gasteiger partial charge in [0.05, 0.1) is 19.8 Å². The number of hydrogen-bond acceptors (Lipinski definition) is 7. The predicted octanol–water partition coefficient (Wildman–Crippen LogP) is 14.7. The van der Waals surface area contributed by atoms with E-state index in [1.54, 1.807) is 0 Å². The van der Waals surface area contributed by atoms with Crippen LogP contribution in [0.4, 0.5) is 9.59 Å². The summed E-state index contributed by atoms with van der Waals surface area (Å²) in [4.78, 5) is 23.9. The summed E-state index contributed by atoms with van der Waals surface area (Å²) in [6.07, 6.45) is 44.5. The van der Waals surface area contributed by atoms with Gasteiger partial charge < -0.3 is 24.1 Å². The molecule has 7 nitrogen and oxygen atoms in total. The molecule has 0 aliphatic carbocycles.